The molecule has 4 nitrogen and oxygen atoms in total. The van der Waals surface area contributed by atoms with Crippen molar-refractivity contribution in [3.8, 4) is 0 Å². The molecule has 4 heteroatoms. The van der Waals surface area contributed by atoms with Gasteiger partial charge >= 0.3 is 6.09 Å². The van der Waals surface area contributed by atoms with Gasteiger partial charge in [-0.15, -0.1) is 0 Å². The minimum absolute atomic E-state index is 0.0731. The van der Waals surface area contributed by atoms with Gasteiger partial charge in [-0.05, 0) is 26.3 Å². The fourth-order valence-electron chi connectivity index (χ4n) is 1.63. The molecule has 0 aromatic heterocycles. The summed E-state index contributed by atoms with van der Waals surface area (Å²) in [7, 11) is 0. The van der Waals surface area contributed by atoms with Crippen LogP contribution in [0.25, 0.3) is 0 Å². The first-order valence-electron chi connectivity index (χ1n) is 6.48. The van der Waals surface area contributed by atoms with Gasteiger partial charge in [-0.3, -0.25) is 5.43 Å². The third kappa shape index (κ3) is 5.75. The van der Waals surface area contributed by atoms with Crippen molar-refractivity contribution in [1.82, 2.24) is 10.9 Å². The van der Waals surface area contributed by atoms with Crippen molar-refractivity contribution in [2.75, 3.05) is 6.54 Å². The number of nitrogens with one attached hydrogen (secondary N) is 2. The second-order valence-corrected chi connectivity index (χ2v) is 6.23. The molecule has 0 aliphatic heterocycles. The summed E-state index contributed by atoms with van der Waals surface area (Å²) in [5.74, 6) is 0. The zero-order valence-electron chi connectivity index (χ0n) is 12.4. The Bertz CT molecular complexity index is 408. The molecule has 0 spiro atoms. The summed E-state index contributed by atoms with van der Waals surface area (Å²) in [6, 6.07) is 10.2. The van der Waals surface area contributed by atoms with Crippen molar-refractivity contribution in [3.63, 3.8) is 0 Å². The van der Waals surface area contributed by atoms with Crippen LogP contribution in [0.1, 0.15) is 40.2 Å². The molecule has 0 saturated heterocycles. The van der Waals surface area contributed by atoms with E-state index in [1.807, 2.05) is 39.0 Å². The van der Waals surface area contributed by atoms with Crippen LogP contribution in [0.15, 0.2) is 30.3 Å². The number of hydrogen-bond acceptors (Lipinski definition) is 3. The first-order valence-corrected chi connectivity index (χ1v) is 6.48. The number of amides is 1. The number of carbonyl (C=O) groups is 1. The van der Waals surface area contributed by atoms with E-state index in [1.165, 1.54) is 5.56 Å². The average Bonchev–Trinajstić information content (AvgIpc) is 2.27. The lowest BCUT2D eigenvalue weighted by molar-refractivity contribution is 0.0494. The molecule has 19 heavy (non-hydrogen) atoms. The van der Waals surface area contributed by atoms with Gasteiger partial charge in [-0.25, -0.2) is 10.2 Å². The number of benzene rings is 1. The van der Waals surface area contributed by atoms with Crippen molar-refractivity contribution < 1.29 is 9.53 Å². The summed E-state index contributed by atoms with van der Waals surface area (Å²) in [6.07, 6.45) is -0.462. The van der Waals surface area contributed by atoms with Gasteiger partial charge in [0.05, 0.1) is 0 Å². The van der Waals surface area contributed by atoms with Gasteiger partial charge in [-0.1, -0.05) is 44.2 Å². The SMILES string of the molecule is CC(C)(C)OC(=O)NNCC(C)(C)c1ccccc1. The molecule has 0 unspecified atom stereocenters. The van der Waals surface area contributed by atoms with Crippen LogP contribution in [0, 0.1) is 0 Å². The van der Waals surface area contributed by atoms with Gasteiger partial charge in [0.2, 0.25) is 0 Å². The Hall–Kier alpha value is -1.55. The largest absolute Gasteiger partial charge is 0.443 e. The molecular weight excluding hydrogens is 240 g/mol. The van der Waals surface area contributed by atoms with Gasteiger partial charge in [0, 0.05) is 12.0 Å². The summed E-state index contributed by atoms with van der Waals surface area (Å²) in [6.45, 7) is 10.4. The molecule has 1 rings (SSSR count). The first-order chi connectivity index (χ1) is 8.71. The average molecular weight is 264 g/mol. The van der Waals surface area contributed by atoms with Crippen LogP contribution in [-0.2, 0) is 10.2 Å². The van der Waals surface area contributed by atoms with Gasteiger partial charge < -0.3 is 4.74 Å². The summed E-state index contributed by atoms with van der Waals surface area (Å²) in [4.78, 5) is 11.5. The zero-order chi connectivity index (χ0) is 14.5. The molecule has 2 N–H and O–H groups in total. The summed E-state index contributed by atoms with van der Waals surface area (Å²) in [5, 5.41) is 0. The molecule has 0 fully saturated rings. The van der Waals surface area contributed by atoms with Crippen molar-refractivity contribution in [1.29, 1.82) is 0 Å². The van der Waals surface area contributed by atoms with Crippen molar-refractivity contribution in [2.45, 2.75) is 45.6 Å². The highest BCUT2D eigenvalue weighted by Crippen LogP contribution is 2.21. The van der Waals surface area contributed by atoms with Crippen LogP contribution in [0.3, 0.4) is 0 Å². The Labute approximate surface area is 115 Å². The standard InChI is InChI=1S/C15H24N2O2/c1-14(2,3)19-13(18)17-16-11-15(4,5)12-9-7-6-8-10-12/h6-10,16H,11H2,1-5H3,(H,17,18). The van der Waals surface area contributed by atoms with Crippen LogP contribution in [0.5, 0.6) is 0 Å². The lowest BCUT2D eigenvalue weighted by atomic mass is 9.85. The zero-order valence-corrected chi connectivity index (χ0v) is 12.4. The Morgan fingerprint density at radius 2 is 1.68 bits per heavy atom. The fraction of sp³-hybridized carbons (Fsp3) is 0.533. The molecule has 0 heterocycles. The molecular formula is C15H24N2O2. The molecule has 0 radical (unpaired) electrons. The van der Waals surface area contributed by atoms with Gasteiger partial charge in [0.15, 0.2) is 0 Å². The molecule has 1 amide bonds. The van der Waals surface area contributed by atoms with E-state index in [4.69, 9.17) is 4.74 Å². The van der Waals surface area contributed by atoms with E-state index in [0.717, 1.165) is 0 Å². The maximum atomic E-state index is 11.5. The summed E-state index contributed by atoms with van der Waals surface area (Å²) in [5.41, 5.74) is 6.13. The van der Waals surface area contributed by atoms with Crippen LogP contribution in [0.2, 0.25) is 0 Å². The molecule has 0 saturated carbocycles. The van der Waals surface area contributed by atoms with Gasteiger partial charge in [-0.2, -0.15) is 0 Å². The number of hydrazine groups is 1. The maximum Gasteiger partial charge on any atom is 0.422 e. The Morgan fingerprint density at radius 1 is 1.11 bits per heavy atom. The molecule has 106 valence electrons. The molecule has 1 aromatic carbocycles. The predicted octanol–water partition coefficient (Wildman–Crippen LogP) is 2.99. The van der Waals surface area contributed by atoms with E-state index >= 15 is 0 Å². The second kappa shape index (κ2) is 6.06. The number of carbonyl (C=O) groups excluding carboxylic acids is 1. The highest BCUT2D eigenvalue weighted by Gasteiger charge is 2.21. The third-order valence-corrected chi connectivity index (χ3v) is 2.67. The first kappa shape index (κ1) is 15.5. The topological polar surface area (TPSA) is 50.4 Å². The van der Waals surface area contributed by atoms with Crippen LogP contribution < -0.4 is 10.9 Å². The number of ether oxygens (including phenoxy) is 1. The monoisotopic (exact) mass is 264 g/mol. The predicted molar refractivity (Wildman–Crippen MR) is 76.8 cm³/mol. The van der Waals surface area contributed by atoms with Gasteiger partial charge in [0.25, 0.3) is 0 Å². The highest BCUT2D eigenvalue weighted by molar-refractivity contribution is 5.66. The lowest BCUT2D eigenvalue weighted by Gasteiger charge is -2.26. The second-order valence-electron chi connectivity index (χ2n) is 6.23. The molecule has 0 aliphatic rings. The van der Waals surface area contributed by atoms with E-state index in [1.54, 1.807) is 0 Å². The highest BCUT2D eigenvalue weighted by atomic mass is 16.6. The summed E-state index contributed by atoms with van der Waals surface area (Å²) < 4.78 is 5.15. The van der Waals surface area contributed by atoms with Crippen LogP contribution in [-0.4, -0.2) is 18.2 Å². The molecule has 0 aliphatic carbocycles. The fourth-order valence-corrected chi connectivity index (χ4v) is 1.63. The number of hydrogen-bond donors (Lipinski definition) is 2. The van der Waals surface area contributed by atoms with E-state index in [-0.39, 0.29) is 5.41 Å². The van der Waals surface area contributed by atoms with E-state index < -0.39 is 11.7 Å². The number of rotatable bonds is 4. The van der Waals surface area contributed by atoms with E-state index in [9.17, 15) is 4.79 Å². The van der Waals surface area contributed by atoms with Crippen molar-refractivity contribution in [3.05, 3.63) is 35.9 Å². The smallest absolute Gasteiger partial charge is 0.422 e. The molecule has 1 aromatic rings. The third-order valence-electron chi connectivity index (χ3n) is 2.67. The van der Waals surface area contributed by atoms with Gasteiger partial charge in [0.1, 0.15) is 5.60 Å². The normalized spacial score (nSPS) is 12.1. The Kier molecular flexibility index (Phi) is 4.95. The minimum Gasteiger partial charge on any atom is -0.443 e. The molecule has 0 atom stereocenters. The lowest BCUT2D eigenvalue weighted by Crippen LogP contribution is -2.46. The van der Waals surface area contributed by atoms with Crippen molar-refractivity contribution >= 4 is 6.09 Å². The van der Waals surface area contributed by atoms with E-state index in [0.29, 0.717) is 6.54 Å². The Balaban J connectivity index is 2.43. The Morgan fingerprint density at radius 3 is 2.21 bits per heavy atom. The van der Waals surface area contributed by atoms with Crippen LogP contribution >= 0.6 is 0 Å². The van der Waals surface area contributed by atoms with Crippen LogP contribution in [0.4, 0.5) is 4.79 Å². The minimum atomic E-state index is -0.485. The van der Waals surface area contributed by atoms with Crippen molar-refractivity contribution in [2.24, 2.45) is 0 Å². The maximum absolute atomic E-state index is 11.5. The summed E-state index contributed by atoms with van der Waals surface area (Å²) >= 11 is 0. The van der Waals surface area contributed by atoms with E-state index in [2.05, 4.69) is 36.8 Å². The quantitative estimate of drug-likeness (QED) is 0.822. The molecule has 0 bridgehead atoms.